The van der Waals surface area contributed by atoms with E-state index in [2.05, 4.69) is 10.3 Å². The summed E-state index contributed by atoms with van der Waals surface area (Å²) in [6, 6.07) is 7.30. The van der Waals surface area contributed by atoms with Gasteiger partial charge in [-0.3, -0.25) is 4.99 Å². The first kappa shape index (κ1) is 18.3. The molecule has 1 rings (SSSR count). The van der Waals surface area contributed by atoms with Crippen molar-refractivity contribution in [2.45, 2.75) is 38.5 Å². The molecule has 0 bridgehead atoms. The van der Waals surface area contributed by atoms with Crippen molar-refractivity contribution in [3.8, 4) is 5.75 Å². The van der Waals surface area contributed by atoms with Crippen molar-refractivity contribution in [2.75, 3.05) is 18.1 Å². The lowest BCUT2D eigenvalue weighted by Crippen LogP contribution is -2.36. The van der Waals surface area contributed by atoms with E-state index in [9.17, 15) is 8.42 Å². The number of hydrogen-bond acceptors (Lipinski definition) is 4. The van der Waals surface area contributed by atoms with Gasteiger partial charge in [0.2, 0.25) is 0 Å². The summed E-state index contributed by atoms with van der Waals surface area (Å²) in [4.78, 5) is 4.10. The average Bonchev–Trinajstić information content (AvgIpc) is 2.37. The van der Waals surface area contributed by atoms with Gasteiger partial charge in [-0.1, -0.05) is 0 Å². The molecular weight excluding hydrogens is 302 g/mol. The molecule has 0 heterocycles. The molecule has 0 amide bonds. The van der Waals surface area contributed by atoms with E-state index in [4.69, 9.17) is 10.5 Å². The summed E-state index contributed by atoms with van der Waals surface area (Å²) in [5.74, 6) is 0.948. The number of nitrogens with zero attached hydrogens (tertiary/aromatic N) is 1. The van der Waals surface area contributed by atoms with E-state index >= 15 is 0 Å². The molecule has 1 aromatic carbocycles. The molecule has 22 heavy (non-hydrogen) atoms. The Bertz CT molecular complexity index is 620. The Morgan fingerprint density at radius 1 is 1.32 bits per heavy atom. The first-order chi connectivity index (χ1) is 10.0. The largest absolute Gasteiger partial charge is 0.491 e. The van der Waals surface area contributed by atoms with Gasteiger partial charge in [0.1, 0.15) is 5.75 Å². The molecule has 0 saturated heterocycles. The summed E-state index contributed by atoms with van der Waals surface area (Å²) in [6.07, 6.45) is 1.31. The Hall–Kier alpha value is -1.76. The summed E-state index contributed by atoms with van der Waals surface area (Å²) in [7, 11) is -3.20. The van der Waals surface area contributed by atoms with E-state index in [0.29, 0.717) is 0 Å². The van der Waals surface area contributed by atoms with Gasteiger partial charge in [-0.05, 0) is 52.0 Å². The maximum Gasteiger partial charge on any atom is 0.193 e. The van der Waals surface area contributed by atoms with Crippen LogP contribution in [0.1, 0.15) is 27.7 Å². The van der Waals surface area contributed by atoms with Crippen molar-refractivity contribution in [1.29, 1.82) is 0 Å². The molecule has 0 aliphatic carbocycles. The zero-order chi connectivity index (χ0) is 17.0. The smallest absolute Gasteiger partial charge is 0.193 e. The predicted octanol–water partition coefficient (Wildman–Crippen LogP) is 2.02. The fraction of sp³-hybridized carbons (Fsp3) is 0.533. The molecular formula is C15H25N3O3S. The number of rotatable bonds is 6. The first-order valence-corrected chi connectivity index (χ1v) is 8.94. The molecule has 0 spiro atoms. The fourth-order valence-corrected chi connectivity index (χ4v) is 1.77. The van der Waals surface area contributed by atoms with Crippen molar-refractivity contribution in [2.24, 2.45) is 10.7 Å². The highest BCUT2D eigenvalue weighted by Gasteiger charge is 2.29. The number of nitrogens with two attached hydrogens (primary N) is 1. The van der Waals surface area contributed by atoms with Crippen LogP contribution in [0.15, 0.2) is 29.3 Å². The van der Waals surface area contributed by atoms with E-state index in [0.717, 1.165) is 11.4 Å². The van der Waals surface area contributed by atoms with Gasteiger partial charge in [-0.25, -0.2) is 8.42 Å². The topological polar surface area (TPSA) is 93.8 Å². The number of nitrogens with one attached hydrogen (secondary N) is 1. The Kier molecular flexibility index (Phi) is 5.82. The molecule has 0 aliphatic rings. The highest BCUT2D eigenvalue weighted by Crippen LogP contribution is 2.17. The lowest BCUT2D eigenvalue weighted by Gasteiger charge is -2.20. The van der Waals surface area contributed by atoms with Crippen LogP contribution in [0.5, 0.6) is 5.75 Å². The Morgan fingerprint density at radius 3 is 2.32 bits per heavy atom. The minimum Gasteiger partial charge on any atom is -0.491 e. The van der Waals surface area contributed by atoms with Gasteiger partial charge in [0.15, 0.2) is 15.8 Å². The highest BCUT2D eigenvalue weighted by atomic mass is 32.2. The summed E-state index contributed by atoms with van der Waals surface area (Å²) < 4.78 is 27.8. The molecule has 6 nitrogen and oxygen atoms in total. The van der Waals surface area contributed by atoms with Gasteiger partial charge >= 0.3 is 0 Å². The molecule has 3 N–H and O–H groups in total. The van der Waals surface area contributed by atoms with E-state index in [-0.39, 0.29) is 18.6 Å². The van der Waals surface area contributed by atoms with Crippen LogP contribution in [-0.4, -0.2) is 38.0 Å². The van der Waals surface area contributed by atoms with Crippen molar-refractivity contribution in [3.05, 3.63) is 24.3 Å². The van der Waals surface area contributed by atoms with Crippen molar-refractivity contribution >= 4 is 21.5 Å². The summed E-state index contributed by atoms with van der Waals surface area (Å²) in [5.41, 5.74) is 6.55. The normalized spacial score (nSPS) is 13.3. The molecule has 0 aromatic heterocycles. The van der Waals surface area contributed by atoms with E-state index in [1.807, 2.05) is 38.1 Å². The number of benzene rings is 1. The lowest BCUT2D eigenvalue weighted by molar-refractivity contribution is 0.242. The molecule has 0 unspecified atom stereocenters. The maximum absolute atomic E-state index is 11.6. The number of aliphatic imine (C=N–C) groups is 1. The number of sulfone groups is 1. The lowest BCUT2D eigenvalue weighted by atomic mass is 10.2. The zero-order valence-corrected chi connectivity index (χ0v) is 14.6. The van der Waals surface area contributed by atoms with Gasteiger partial charge in [0.05, 0.1) is 17.4 Å². The standard InChI is InChI=1S/C15H25N3O3S/c1-11(2)21-13-8-6-12(7-9-13)18-14(16)17-10-15(3,4)22(5,19)20/h6-9,11H,10H2,1-5H3,(H3,16,17,18). The van der Waals surface area contributed by atoms with E-state index < -0.39 is 14.6 Å². The molecule has 0 aliphatic heterocycles. The van der Waals surface area contributed by atoms with Crippen molar-refractivity contribution in [3.63, 3.8) is 0 Å². The quantitative estimate of drug-likeness (QED) is 0.616. The van der Waals surface area contributed by atoms with Gasteiger partial charge in [-0.2, -0.15) is 0 Å². The second-order valence-electron chi connectivity index (χ2n) is 6.05. The van der Waals surface area contributed by atoms with Crippen molar-refractivity contribution in [1.82, 2.24) is 0 Å². The number of anilines is 1. The van der Waals surface area contributed by atoms with Crippen LogP contribution >= 0.6 is 0 Å². The van der Waals surface area contributed by atoms with Crippen LogP contribution in [0.25, 0.3) is 0 Å². The average molecular weight is 327 g/mol. The molecule has 7 heteroatoms. The molecule has 0 atom stereocenters. The first-order valence-electron chi connectivity index (χ1n) is 7.04. The monoisotopic (exact) mass is 327 g/mol. The summed E-state index contributed by atoms with van der Waals surface area (Å²) in [5, 5.41) is 2.92. The van der Waals surface area contributed by atoms with E-state index in [1.165, 1.54) is 6.26 Å². The third-order valence-electron chi connectivity index (χ3n) is 3.13. The van der Waals surface area contributed by atoms with Crippen molar-refractivity contribution < 1.29 is 13.2 Å². The maximum atomic E-state index is 11.6. The van der Waals surface area contributed by atoms with Gasteiger partial charge < -0.3 is 15.8 Å². The fourth-order valence-electron chi connectivity index (χ4n) is 1.47. The molecule has 124 valence electrons. The van der Waals surface area contributed by atoms with Crippen LogP contribution in [0.3, 0.4) is 0 Å². The zero-order valence-electron chi connectivity index (χ0n) is 13.8. The minimum absolute atomic E-state index is 0.0964. The van der Waals surface area contributed by atoms with Crippen LogP contribution in [-0.2, 0) is 9.84 Å². The third-order valence-corrected chi connectivity index (χ3v) is 5.27. The van der Waals surface area contributed by atoms with Crippen LogP contribution in [0.4, 0.5) is 5.69 Å². The Morgan fingerprint density at radius 2 is 1.86 bits per heavy atom. The SMILES string of the molecule is CC(C)Oc1ccc(NC(N)=NCC(C)(C)S(C)(=O)=O)cc1. The minimum atomic E-state index is -3.20. The summed E-state index contributed by atoms with van der Waals surface area (Å²) >= 11 is 0. The molecule has 1 aromatic rings. The predicted molar refractivity (Wildman–Crippen MR) is 91.2 cm³/mol. The van der Waals surface area contributed by atoms with Crippen LogP contribution in [0.2, 0.25) is 0 Å². The van der Waals surface area contributed by atoms with Crippen LogP contribution < -0.4 is 15.8 Å². The Balaban J connectivity index is 2.68. The van der Waals surface area contributed by atoms with Gasteiger partial charge in [-0.15, -0.1) is 0 Å². The highest BCUT2D eigenvalue weighted by molar-refractivity contribution is 7.92. The van der Waals surface area contributed by atoms with Gasteiger partial charge in [0, 0.05) is 11.9 Å². The van der Waals surface area contributed by atoms with Crippen LogP contribution in [0, 0.1) is 0 Å². The molecule has 0 radical (unpaired) electrons. The Labute approximate surface area is 132 Å². The summed E-state index contributed by atoms with van der Waals surface area (Å²) in [6.45, 7) is 7.26. The number of guanidine groups is 1. The second kappa shape index (κ2) is 7.00. The number of hydrogen-bond donors (Lipinski definition) is 2. The van der Waals surface area contributed by atoms with Gasteiger partial charge in [0.25, 0.3) is 0 Å². The molecule has 0 fully saturated rings. The second-order valence-corrected chi connectivity index (χ2v) is 8.70. The number of ether oxygens (including phenoxy) is 1. The molecule has 0 saturated carbocycles. The van der Waals surface area contributed by atoms with E-state index in [1.54, 1.807) is 13.8 Å². The third kappa shape index (κ3) is 5.55.